The van der Waals surface area contributed by atoms with E-state index in [1.807, 2.05) is 18.2 Å². The molecule has 25 heavy (non-hydrogen) atoms. The minimum Gasteiger partial charge on any atom is -0.440 e. The van der Waals surface area contributed by atoms with E-state index >= 15 is 0 Å². The van der Waals surface area contributed by atoms with Gasteiger partial charge in [0.05, 0.1) is 11.8 Å². The molecule has 0 aromatic carbocycles. The van der Waals surface area contributed by atoms with Gasteiger partial charge in [0, 0.05) is 39.4 Å². The SMILES string of the molecule is CO[C@]1(C)C[C@@H](O)O[C@@H](C)[C@@H]1OC(=O)NCCNCc1ccccn1. The number of nitrogens with one attached hydrogen (secondary N) is 2. The topological polar surface area (TPSA) is 102 Å². The van der Waals surface area contributed by atoms with Crippen molar-refractivity contribution in [2.45, 2.75) is 50.9 Å². The summed E-state index contributed by atoms with van der Waals surface area (Å²) in [5.41, 5.74) is 0.138. The third-order valence-electron chi connectivity index (χ3n) is 4.28. The fourth-order valence-electron chi connectivity index (χ4n) is 2.88. The Labute approximate surface area is 147 Å². The molecule has 0 aliphatic carbocycles. The number of methoxy groups -OCH3 is 1. The molecule has 1 saturated heterocycles. The van der Waals surface area contributed by atoms with Crippen LogP contribution in [0.3, 0.4) is 0 Å². The minimum atomic E-state index is -0.932. The van der Waals surface area contributed by atoms with Gasteiger partial charge in [-0.3, -0.25) is 4.98 Å². The van der Waals surface area contributed by atoms with Crippen LogP contribution in [-0.4, -0.2) is 60.5 Å². The summed E-state index contributed by atoms with van der Waals surface area (Å²) in [7, 11) is 1.53. The van der Waals surface area contributed by atoms with Crippen molar-refractivity contribution < 1.29 is 24.1 Å². The number of ether oxygens (including phenoxy) is 3. The quantitative estimate of drug-likeness (QED) is 0.623. The monoisotopic (exact) mass is 353 g/mol. The van der Waals surface area contributed by atoms with Crippen LogP contribution in [0.15, 0.2) is 24.4 Å². The predicted molar refractivity (Wildman–Crippen MR) is 90.8 cm³/mol. The second-order valence-corrected chi connectivity index (χ2v) is 6.27. The van der Waals surface area contributed by atoms with Gasteiger partial charge in [-0.1, -0.05) is 6.07 Å². The molecule has 4 atom stereocenters. The van der Waals surface area contributed by atoms with Crippen molar-refractivity contribution in [1.82, 2.24) is 15.6 Å². The number of carbonyl (C=O) groups is 1. The highest BCUT2D eigenvalue weighted by atomic mass is 16.7. The summed E-state index contributed by atoms with van der Waals surface area (Å²) < 4.78 is 16.3. The molecule has 0 unspecified atom stereocenters. The maximum Gasteiger partial charge on any atom is 0.407 e. The van der Waals surface area contributed by atoms with Crippen molar-refractivity contribution >= 4 is 6.09 Å². The van der Waals surface area contributed by atoms with E-state index in [2.05, 4.69) is 15.6 Å². The number of pyridine rings is 1. The highest BCUT2D eigenvalue weighted by Crippen LogP contribution is 2.33. The Morgan fingerprint density at radius 3 is 2.96 bits per heavy atom. The van der Waals surface area contributed by atoms with Gasteiger partial charge in [-0.15, -0.1) is 0 Å². The van der Waals surface area contributed by atoms with Gasteiger partial charge >= 0.3 is 6.09 Å². The zero-order valence-electron chi connectivity index (χ0n) is 14.9. The van der Waals surface area contributed by atoms with Crippen molar-refractivity contribution in [3.8, 4) is 0 Å². The van der Waals surface area contributed by atoms with Crippen LogP contribution in [-0.2, 0) is 20.8 Å². The number of hydrogen-bond donors (Lipinski definition) is 3. The van der Waals surface area contributed by atoms with E-state index in [1.54, 1.807) is 20.0 Å². The number of alkyl carbamates (subject to hydrolysis) is 1. The molecule has 0 radical (unpaired) electrons. The number of aliphatic hydroxyl groups excluding tert-OH is 1. The summed E-state index contributed by atoms with van der Waals surface area (Å²) in [5.74, 6) is 0. The summed E-state index contributed by atoms with van der Waals surface area (Å²) in [5, 5.41) is 15.6. The second-order valence-electron chi connectivity index (χ2n) is 6.27. The number of aromatic nitrogens is 1. The first-order valence-electron chi connectivity index (χ1n) is 8.38. The van der Waals surface area contributed by atoms with Crippen LogP contribution in [0.1, 0.15) is 26.0 Å². The zero-order chi connectivity index (χ0) is 18.3. The van der Waals surface area contributed by atoms with E-state index < -0.39 is 30.2 Å². The van der Waals surface area contributed by atoms with Crippen molar-refractivity contribution in [3.63, 3.8) is 0 Å². The first kappa shape index (κ1) is 19.6. The lowest BCUT2D eigenvalue weighted by atomic mass is 9.88. The Balaban J connectivity index is 1.72. The molecule has 2 heterocycles. The van der Waals surface area contributed by atoms with Gasteiger partial charge < -0.3 is 30.0 Å². The lowest BCUT2D eigenvalue weighted by molar-refractivity contribution is -0.262. The van der Waals surface area contributed by atoms with Gasteiger partial charge in [0.25, 0.3) is 0 Å². The van der Waals surface area contributed by atoms with Crippen LogP contribution >= 0.6 is 0 Å². The number of carbonyl (C=O) groups excluding carboxylic acids is 1. The van der Waals surface area contributed by atoms with Crippen molar-refractivity contribution in [2.24, 2.45) is 0 Å². The fourth-order valence-corrected chi connectivity index (χ4v) is 2.88. The highest BCUT2D eigenvalue weighted by Gasteiger charge is 2.47. The van der Waals surface area contributed by atoms with Crippen molar-refractivity contribution in [2.75, 3.05) is 20.2 Å². The van der Waals surface area contributed by atoms with Crippen molar-refractivity contribution in [3.05, 3.63) is 30.1 Å². The largest absolute Gasteiger partial charge is 0.440 e. The fraction of sp³-hybridized carbons (Fsp3) is 0.647. The van der Waals surface area contributed by atoms with Crippen LogP contribution in [0.2, 0.25) is 0 Å². The van der Waals surface area contributed by atoms with Gasteiger partial charge in [0.2, 0.25) is 0 Å². The lowest BCUT2D eigenvalue weighted by Gasteiger charge is -2.44. The third-order valence-corrected chi connectivity index (χ3v) is 4.28. The van der Waals surface area contributed by atoms with E-state index in [9.17, 15) is 9.90 Å². The molecule has 0 spiro atoms. The van der Waals surface area contributed by atoms with E-state index in [1.165, 1.54) is 7.11 Å². The highest BCUT2D eigenvalue weighted by molar-refractivity contribution is 5.67. The molecule has 1 aromatic heterocycles. The molecule has 1 aromatic rings. The zero-order valence-corrected chi connectivity index (χ0v) is 14.9. The number of rotatable bonds is 7. The number of nitrogens with zero attached hydrogens (tertiary/aromatic N) is 1. The van der Waals surface area contributed by atoms with Crippen LogP contribution in [0.5, 0.6) is 0 Å². The van der Waals surface area contributed by atoms with E-state index in [4.69, 9.17) is 14.2 Å². The molecule has 2 rings (SSSR count). The molecule has 1 amide bonds. The Morgan fingerprint density at radius 1 is 1.48 bits per heavy atom. The third kappa shape index (κ3) is 5.64. The normalized spacial score (nSPS) is 29.2. The van der Waals surface area contributed by atoms with Crippen LogP contribution < -0.4 is 10.6 Å². The Morgan fingerprint density at radius 2 is 2.28 bits per heavy atom. The standard InChI is InChI=1S/C17H27N3O5/c1-12-15(17(2,23-3)10-14(21)24-12)25-16(22)20-9-8-18-11-13-6-4-5-7-19-13/h4-7,12,14-15,18,21H,8-11H2,1-3H3,(H,20,22)/t12-,14-,15-,17+/m0/s1. The molecule has 140 valence electrons. The number of hydrogen-bond acceptors (Lipinski definition) is 7. The maximum atomic E-state index is 12.0. The van der Waals surface area contributed by atoms with Gasteiger partial charge in [-0.05, 0) is 26.0 Å². The average Bonchev–Trinajstić information content (AvgIpc) is 2.59. The van der Waals surface area contributed by atoms with Crippen LogP contribution in [0.25, 0.3) is 0 Å². The van der Waals surface area contributed by atoms with E-state index in [0.717, 1.165) is 5.69 Å². The Hall–Kier alpha value is -1.74. The van der Waals surface area contributed by atoms with Gasteiger partial charge in [-0.2, -0.15) is 0 Å². The lowest BCUT2D eigenvalue weighted by Crippen LogP contribution is -2.58. The molecule has 0 saturated carbocycles. The van der Waals surface area contributed by atoms with Crippen LogP contribution in [0, 0.1) is 0 Å². The van der Waals surface area contributed by atoms with Gasteiger partial charge in [-0.25, -0.2) is 4.79 Å². The smallest absolute Gasteiger partial charge is 0.407 e. The molecule has 1 aliphatic rings. The molecule has 1 aliphatic heterocycles. The molecule has 1 fully saturated rings. The van der Waals surface area contributed by atoms with Crippen molar-refractivity contribution in [1.29, 1.82) is 0 Å². The summed E-state index contributed by atoms with van der Waals surface area (Å²) in [6.45, 7) is 5.17. The molecule has 8 heteroatoms. The second kappa shape index (κ2) is 9.10. The number of amides is 1. The number of aliphatic hydroxyl groups is 1. The summed E-state index contributed by atoms with van der Waals surface area (Å²) >= 11 is 0. The molecular formula is C17H27N3O5. The van der Waals surface area contributed by atoms with Crippen LogP contribution in [0.4, 0.5) is 4.79 Å². The minimum absolute atomic E-state index is 0.234. The molecule has 3 N–H and O–H groups in total. The molecule has 8 nitrogen and oxygen atoms in total. The molecule has 0 bridgehead atoms. The van der Waals surface area contributed by atoms with E-state index in [-0.39, 0.29) is 6.42 Å². The first-order chi connectivity index (χ1) is 11.9. The van der Waals surface area contributed by atoms with E-state index in [0.29, 0.717) is 19.6 Å². The summed E-state index contributed by atoms with van der Waals surface area (Å²) in [4.78, 5) is 16.2. The summed E-state index contributed by atoms with van der Waals surface area (Å²) in [6, 6.07) is 5.72. The Bertz CT molecular complexity index is 544. The van der Waals surface area contributed by atoms with Gasteiger partial charge in [0.15, 0.2) is 12.4 Å². The summed E-state index contributed by atoms with van der Waals surface area (Å²) in [6.07, 6.45) is -0.580. The average molecular weight is 353 g/mol. The maximum absolute atomic E-state index is 12.0. The van der Waals surface area contributed by atoms with Gasteiger partial charge in [0.1, 0.15) is 5.60 Å². The Kier molecular flexibility index (Phi) is 7.12. The first-order valence-corrected chi connectivity index (χ1v) is 8.38. The predicted octanol–water partition coefficient (Wildman–Crippen LogP) is 0.798. The molecular weight excluding hydrogens is 326 g/mol.